The number of carbonyl (C=O) groups excluding carboxylic acids is 2. The molecule has 0 aromatic heterocycles. The Labute approximate surface area is 159 Å². The van der Waals surface area contributed by atoms with Crippen molar-refractivity contribution in [3.63, 3.8) is 0 Å². The number of halogens is 1. The van der Waals surface area contributed by atoms with Crippen LogP contribution in [0.3, 0.4) is 0 Å². The van der Waals surface area contributed by atoms with Crippen molar-refractivity contribution in [3.8, 4) is 0 Å². The van der Waals surface area contributed by atoms with Gasteiger partial charge >= 0.3 is 0 Å². The summed E-state index contributed by atoms with van der Waals surface area (Å²) in [4.78, 5) is 29.0. The number of amides is 2. The van der Waals surface area contributed by atoms with E-state index in [1.165, 1.54) is 0 Å². The van der Waals surface area contributed by atoms with Crippen LogP contribution < -0.4 is 9.80 Å². The third-order valence-electron chi connectivity index (χ3n) is 4.93. The zero-order chi connectivity index (χ0) is 18.8. The average Bonchev–Trinajstić information content (AvgIpc) is 3.01. The number of nitrogens with zero attached hydrogens (tertiary/aromatic N) is 2. The van der Waals surface area contributed by atoms with Gasteiger partial charge in [-0.25, -0.2) is 0 Å². The summed E-state index contributed by atoms with van der Waals surface area (Å²) >= 11 is 6.20. The summed E-state index contributed by atoms with van der Waals surface area (Å²) in [7, 11) is 0. The zero-order valence-corrected chi connectivity index (χ0v) is 16.1. The molecule has 1 atom stereocenters. The van der Waals surface area contributed by atoms with Crippen molar-refractivity contribution in [1.82, 2.24) is 0 Å². The van der Waals surface area contributed by atoms with Gasteiger partial charge in [-0.2, -0.15) is 0 Å². The van der Waals surface area contributed by atoms with Crippen LogP contribution in [0.1, 0.15) is 24.5 Å². The van der Waals surface area contributed by atoms with Crippen molar-refractivity contribution in [2.75, 3.05) is 22.9 Å². The van der Waals surface area contributed by atoms with Gasteiger partial charge in [0.2, 0.25) is 11.8 Å². The molecule has 1 saturated heterocycles. The van der Waals surface area contributed by atoms with Crippen LogP contribution >= 0.6 is 11.6 Å². The molecule has 2 aromatic carbocycles. The molecule has 0 N–H and O–H groups in total. The minimum absolute atomic E-state index is 0.00383. The molecule has 1 aliphatic rings. The summed E-state index contributed by atoms with van der Waals surface area (Å²) in [6.45, 7) is 6.83. The second kappa shape index (κ2) is 7.50. The molecule has 1 aliphatic heterocycles. The molecule has 5 heteroatoms. The second-order valence-electron chi connectivity index (χ2n) is 6.71. The molecule has 0 unspecified atom stereocenters. The molecule has 1 heterocycles. The number of anilines is 2. The minimum Gasteiger partial charge on any atom is -0.312 e. The van der Waals surface area contributed by atoms with E-state index in [1.807, 2.05) is 57.2 Å². The Bertz CT molecular complexity index is 850. The van der Waals surface area contributed by atoms with Gasteiger partial charge in [0.05, 0.1) is 5.92 Å². The fourth-order valence-electron chi connectivity index (χ4n) is 3.40. The largest absolute Gasteiger partial charge is 0.312 e. The van der Waals surface area contributed by atoms with Gasteiger partial charge in [-0.05, 0) is 50.1 Å². The van der Waals surface area contributed by atoms with Crippen LogP contribution in [0.2, 0.25) is 5.02 Å². The average molecular weight is 371 g/mol. The van der Waals surface area contributed by atoms with Crippen LogP contribution in [0.4, 0.5) is 11.4 Å². The smallest absolute Gasteiger partial charge is 0.232 e. The van der Waals surface area contributed by atoms with Crippen LogP contribution in [-0.2, 0) is 9.59 Å². The Balaban J connectivity index is 1.82. The van der Waals surface area contributed by atoms with Gasteiger partial charge in [-0.15, -0.1) is 0 Å². The van der Waals surface area contributed by atoms with Gasteiger partial charge in [-0.3, -0.25) is 9.59 Å². The standard InChI is InChI=1S/C21H23ClN2O2/c1-4-23(19-8-6-5-7-15(19)3)21(26)16-11-20(25)24(13-16)17-10-9-14(2)18(22)12-17/h5-10,12,16H,4,11,13H2,1-3H3/t16-/m1/s1. The van der Waals surface area contributed by atoms with Gasteiger partial charge in [0.25, 0.3) is 0 Å². The quantitative estimate of drug-likeness (QED) is 0.802. The molecule has 3 rings (SSSR count). The molecule has 4 nitrogen and oxygen atoms in total. The minimum atomic E-state index is -0.345. The fourth-order valence-corrected chi connectivity index (χ4v) is 3.58. The maximum absolute atomic E-state index is 13.1. The number of carbonyl (C=O) groups is 2. The van der Waals surface area contributed by atoms with E-state index in [1.54, 1.807) is 15.9 Å². The lowest BCUT2D eigenvalue weighted by molar-refractivity contribution is -0.124. The van der Waals surface area contributed by atoms with Crippen LogP contribution in [-0.4, -0.2) is 24.9 Å². The predicted octanol–water partition coefficient (Wildman–Crippen LogP) is 4.36. The molecule has 1 fully saturated rings. The first-order chi connectivity index (χ1) is 12.4. The van der Waals surface area contributed by atoms with E-state index in [2.05, 4.69) is 0 Å². The van der Waals surface area contributed by atoms with Gasteiger partial charge in [0.15, 0.2) is 0 Å². The fraction of sp³-hybridized carbons (Fsp3) is 0.333. The molecule has 2 aromatic rings. The normalized spacial score (nSPS) is 16.8. The topological polar surface area (TPSA) is 40.6 Å². The maximum Gasteiger partial charge on any atom is 0.232 e. The van der Waals surface area contributed by atoms with E-state index in [4.69, 9.17) is 11.6 Å². The SMILES string of the molecule is CCN(C(=O)[C@@H]1CC(=O)N(c2ccc(C)c(Cl)c2)C1)c1ccccc1C. The van der Waals surface area contributed by atoms with Gasteiger partial charge in [0.1, 0.15) is 0 Å². The molecular weight excluding hydrogens is 348 g/mol. The zero-order valence-electron chi connectivity index (χ0n) is 15.3. The molecular formula is C21H23ClN2O2. The van der Waals surface area contributed by atoms with Crippen molar-refractivity contribution in [2.24, 2.45) is 5.92 Å². The number of para-hydroxylation sites is 1. The molecule has 0 aliphatic carbocycles. The van der Waals surface area contributed by atoms with E-state index < -0.39 is 0 Å². The summed E-state index contributed by atoms with van der Waals surface area (Å²) in [5.74, 6) is -0.387. The van der Waals surface area contributed by atoms with Crippen LogP contribution in [0, 0.1) is 19.8 Å². The molecule has 0 spiro atoms. The van der Waals surface area contributed by atoms with E-state index in [0.29, 0.717) is 18.1 Å². The predicted molar refractivity (Wildman–Crippen MR) is 106 cm³/mol. The number of aryl methyl sites for hydroxylation is 2. The summed E-state index contributed by atoms with van der Waals surface area (Å²) < 4.78 is 0. The van der Waals surface area contributed by atoms with Crippen molar-refractivity contribution in [2.45, 2.75) is 27.2 Å². The Morgan fingerprint density at radius 1 is 1.19 bits per heavy atom. The van der Waals surface area contributed by atoms with Crippen LogP contribution in [0.5, 0.6) is 0 Å². The Hall–Kier alpha value is -2.33. The number of rotatable bonds is 4. The highest BCUT2D eigenvalue weighted by Gasteiger charge is 2.37. The van der Waals surface area contributed by atoms with Crippen molar-refractivity contribution < 1.29 is 9.59 Å². The lowest BCUT2D eigenvalue weighted by Gasteiger charge is -2.26. The number of hydrogen-bond donors (Lipinski definition) is 0. The Morgan fingerprint density at radius 3 is 2.58 bits per heavy atom. The first-order valence-electron chi connectivity index (χ1n) is 8.86. The summed E-state index contributed by atoms with van der Waals surface area (Å²) in [5, 5.41) is 0.625. The molecule has 0 saturated carbocycles. The van der Waals surface area contributed by atoms with E-state index >= 15 is 0 Å². The van der Waals surface area contributed by atoms with E-state index in [-0.39, 0.29) is 24.2 Å². The third-order valence-corrected chi connectivity index (χ3v) is 5.34. The lowest BCUT2D eigenvalue weighted by Crippen LogP contribution is -2.37. The molecule has 0 radical (unpaired) electrons. The summed E-state index contributed by atoms with van der Waals surface area (Å²) in [6.07, 6.45) is 0.229. The van der Waals surface area contributed by atoms with Crippen LogP contribution in [0.25, 0.3) is 0 Å². The van der Waals surface area contributed by atoms with Gasteiger partial charge in [0, 0.05) is 35.9 Å². The van der Waals surface area contributed by atoms with Crippen molar-refractivity contribution in [1.29, 1.82) is 0 Å². The Morgan fingerprint density at radius 2 is 1.92 bits per heavy atom. The number of benzene rings is 2. The highest BCUT2D eigenvalue weighted by Crippen LogP contribution is 2.31. The van der Waals surface area contributed by atoms with Gasteiger partial charge < -0.3 is 9.80 Å². The van der Waals surface area contributed by atoms with E-state index in [0.717, 1.165) is 22.5 Å². The lowest BCUT2D eigenvalue weighted by atomic mass is 10.1. The second-order valence-corrected chi connectivity index (χ2v) is 7.12. The number of hydrogen-bond acceptors (Lipinski definition) is 2. The third kappa shape index (κ3) is 3.47. The van der Waals surface area contributed by atoms with Crippen molar-refractivity contribution in [3.05, 3.63) is 58.6 Å². The monoisotopic (exact) mass is 370 g/mol. The maximum atomic E-state index is 13.1. The summed E-state index contributed by atoms with van der Waals surface area (Å²) in [6, 6.07) is 13.4. The highest BCUT2D eigenvalue weighted by atomic mass is 35.5. The highest BCUT2D eigenvalue weighted by molar-refractivity contribution is 6.31. The molecule has 0 bridgehead atoms. The van der Waals surface area contributed by atoms with Crippen molar-refractivity contribution >= 4 is 34.8 Å². The molecule has 26 heavy (non-hydrogen) atoms. The first kappa shape index (κ1) is 18.5. The first-order valence-corrected chi connectivity index (χ1v) is 9.23. The molecule has 2 amide bonds. The van der Waals surface area contributed by atoms with Crippen LogP contribution in [0.15, 0.2) is 42.5 Å². The Kier molecular flexibility index (Phi) is 5.33. The van der Waals surface area contributed by atoms with E-state index in [9.17, 15) is 9.59 Å². The molecule has 136 valence electrons. The van der Waals surface area contributed by atoms with Gasteiger partial charge in [-0.1, -0.05) is 35.9 Å². The summed E-state index contributed by atoms with van der Waals surface area (Å²) in [5.41, 5.74) is 3.67.